The predicted molar refractivity (Wildman–Crippen MR) is 86.6 cm³/mol. The van der Waals surface area contributed by atoms with E-state index in [-0.39, 0.29) is 5.78 Å². The minimum atomic E-state index is 0.115. The molecule has 2 aromatic carbocycles. The first-order chi connectivity index (χ1) is 10.6. The van der Waals surface area contributed by atoms with Crippen LogP contribution < -0.4 is 0 Å². The number of hydrogen-bond donors (Lipinski definition) is 0. The molecular formula is C20H18O2. The van der Waals surface area contributed by atoms with Crippen LogP contribution in [0.1, 0.15) is 57.2 Å². The summed E-state index contributed by atoms with van der Waals surface area (Å²) in [4.78, 5) is 23.7. The minimum absolute atomic E-state index is 0.115. The zero-order valence-electron chi connectivity index (χ0n) is 12.7. The molecule has 0 fully saturated rings. The van der Waals surface area contributed by atoms with Crippen molar-refractivity contribution in [2.45, 2.75) is 39.0 Å². The lowest BCUT2D eigenvalue weighted by Crippen LogP contribution is -2.14. The molecule has 0 bridgehead atoms. The van der Waals surface area contributed by atoms with E-state index in [0.717, 1.165) is 36.8 Å². The molecule has 22 heavy (non-hydrogen) atoms. The minimum Gasteiger partial charge on any atom is -0.295 e. The van der Waals surface area contributed by atoms with Crippen molar-refractivity contribution in [1.82, 2.24) is 0 Å². The molecule has 0 amide bonds. The highest BCUT2D eigenvalue weighted by Gasteiger charge is 2.23. The second-order valence-electron chi connectivity index (χ2n) is 6.37. The first kappa shape index (κ1) is 13.4. The maximum Gasteiger partial charge on any atom is 0.163 e. The van der Waals surface area contributed by atoms with Gasteiger partial charge in [0.05, 0.1) is 0 Å². The van der Waals surface area contributed by atoms with Crippen molar-refractivity contribution >= 4 is 11.6 Å². The molecule has 2 aliphatic carbocycles. The SMILES string of the molecule is CC(=O)c1ccc2c(c1)CCc1cc3c(cc1-2)CCCC3=O. The summed E-state index contributed by atoms with van der Waals surface area (Å²) in [5, 5.41) is 0. The molecule has 0 unspecified atom stereocenters. The molecule has 0 N–H and O–H groups in total. The molecule has 4 rings (SSSR count). The zero-order valence-corrected chi connectivity index (χ0v) is 12.7. The van der Waals surface area contributed by atoms with Crippen molar-refractivity contribution in [3.8, 4) is 11.1 Å². The van der Waals surface area contributed by atoms with Gasteiger partial charge in [-0.1, -0.05) is 18.2 Å². The Morgan fingerprint density at radius 1 is 0.818 bits per heavy atom. The molecule has 0 heterocycles. The van der Waals surface area contributed by atoms with Gasteiger partial charge in [0.25, 0.3) is 0 Å². The Labute approximate surface area is 130 Å². The standard InChI is InChI=1S/C20H18O2/c1-12(21)13-7-8-17-15(9-13)5-6-16-11-19-14(10-18(16)17)3-2-4-20(19)22/h7-11H,2-6H2,1H3. The Bertz CT molecular complexity index is 815. The lowest BCUT2D eigenvalue weighted by molar-refractivity contribution is 0.0971. The molecular weight excluding hydrogens is 272 g/mol. The van der Waals surface area contributed by atoms with Crippen molar-refractivity contribution in [3.63, 3.8) is 0 Å². The maximum atomic E-state index is 12.1. The van der Waals surface area contributed by atoms with E-state index in [1.54, 1.807) is 6.92 Å². The molecule has 0 aromatic heterocycles. The van der Waals surface area contributed by atoms with Crippen LogP contribution in [0.15, 0.2) is 30.3 Å². The van der Waals surface area contributed by atoms with E-state index in [4.69, 9.17) is 0 Å². The van der Waals surface area contributed by atoms with Crippen molar-refractivity contribution in [2.75, 3.05) is 0 Å². The van der Waals surface area contributed by atoms with Crippen molar-refractivity contribution in [3.05, 3.63) is 58.1 Å². The van der Waals surface area contributed by atoms with Gasteiger partial charge in [0.2, 0.25) is 0 Å². The average Bonchev–Trinajstić information content (AvgIpc) is 2.53. The summed E-state index contributed by atoms with van der Waals surface area (Å²) < 4.78 is 0. The molecule has 0 radical (unpaired) electrons. The summed E-state index contributed by atoms with van der Waals surface area (Å²) in [6.07, 6.45) is 4.53. The summed E-state index contributed by atoms with van der Waals surface area (Å²) in [6, 6.07) is 10.4. The highest BCUT2D eigenvalue weighted by molar-refractivity contribution is 6.00. The fourth-order valence-electron chi connectivity index (χ4n) is 3.74. The third-order valence-corrected chi connectivity index (χ3v) is 4.95. The second kappa shape index (κ2) is 4.91. The van der Waals surface area contributed by atoms with Gasteiger partial charge in [-0.3, -0.25) is 9.59 Å². The Morgan fingerprint density at radius 2 is 1.50 bits per heavy atom. The fourth-order valence-corrected chi connectivity index (χ4v) is 3.74. The van der Waals surface area contributed by atoms with Crippen LogP contribution in [0.25, 0.3) is 11.1 Å². The van der Waals surface area contributed by atoms with E-state index in [1.807, 2.05) is 12.1 Å². The fraction of sp³-hybridized carbons (Fsp3) is 0.300. The topological polar surface area (TPSA) is 34.1 Å². The summed E-state index contributed by atoms with van der Waals surface area (Å²) in [5.74, 6) is 0.409. The molecule has 2 aromatic rings. The zero-order chi connectivity index (χ0) is 15.3. The van der Waals surface area contributed by atoms with Gasteiger partial charge >= 0.3 is 0 Å². The number of fused-ring (bicyclic) bond motifs is 4. The van der Waals surface area contributed by atoms with E-state index < -0.39 is 0 Å². The van der Waals surface area contributed by atoms with E-state index in [0.29, 0.717) is 12.2 Å². The lowest BCUT2D eigenvalue weighted by Gasteiger charge is -2.24. The Kier molecular flexibility index (Phi) is 3.00. The smallest absolute Gasteiger partial charge is 0.163 e. The highest BCUT2D eigenvalue weighted by atomic mass is 16.1. The van der Waals surface area contributed by atoms with Crippen LogP contribution in [0.4, 0.5) is 0 Å². The van der Waals surface area contributed by atoms with E-state index in [9.17, 15) is 9.59 Å². The number of carbonyl (C=O) groups excluding carboxylic acids is 2. The second-order valence-corrected chi connectivity index (χ2v) is 6.37. The molecule has 2 aliphatic rings. The molecule has 0 saturated carbocycles. The van der Waals surface area contributed by atoms with Crippen molar-refractivity contribution in [2.24, 2.45) is 0 Å². The summed E-state index contributed by atoms with van der Waals surface area (Å²) >= 11 is 0. The number of Topliss-reactive ketones (excluding diaryl/α,β-unsaturated/α-hetero) is 2. The van der Waals surface area contributed by atoms with Crippen LogP contribution in [0, 0.1) is 0 Å². The van der Waals surface area contributed by atoms with Gasteiger partial charge in [-0.2, -0.15) is 0 Å². The number of hydrogen-bond acceptors (Lipinski definition) is 2. The third-order valence-electron chi connectivity index (χ3n) is 4.95. The van der Waals surface area contributed by atoms with Gasteiger partial charge < -0.3 is 0 Å². The van der Waals surface area contributed by atoms with Gasteiger partial charge in [0.15, 0.2) is 11.6 Å². The van der Waals surface area contributed by atoms with Gasteiger partial charge in [-0.05, 0) is 72.6 Å². The third kappa shape index (κ3) is 2.02. The highest BCUT2D eigenvalue weighted by Crippen LogP contribution is 2.37. The summed E-state index contributed by atoms with van der Waals surface area (Å²) in [5.41, 5.74) is 7.93. The Balaban J connectivity index is 1.88. The number of rotatable bonds is 1. The van der Waals surface area contributed by atoms with Gasteiger partial charge in [0, 0.05) is 17.5 Å². The molecule has 2 heteroatoms. The normalized spacial score (nSPS) is 15.8. The largest absolute Gasteiger partial charge is 0.295 e. The van der Waals surface area contributed by atoms with Crippen molar-refractivity contribution in [1.29, 1.82) is 0 Å². The monoisotopic (exact) mass is 290 g/mol. The van der Waals surface area contributed by atoms with E-state index >= 15 is 0 Å². The number of aryl methyl sites for hydroxylation is 3. The molecule has 0 saturated heterocycles. The van der Waals surface area contributed by atoms with Crippen LogP contribution in [0.3, 0.4) is 0 Å². The maximum absolute atomic E-state index is 12.1. The number of benzene rings is 2. The van der Waals surface area contributed by atoms with Crippen LogP contribution in [-0.4, -0.2) is 11.6 Å². The van der Waals surface area contributed by atoms with E-state index in [1.165, 1.54) is 27.8 Å². The number of ketones is 2. The number of carbonyl (C=O) groups is 2. The van der Waals surface area contributed by atoms with Gasteiger partial charge in [0.1, 0.15) is 0 Å². The van der Waals surface area contributed by atoms with Gasteiger partial charge in [-0.15, -0.1) is 0 Å². The average molecular weight is 290 g/mol. The Morgan fingerprint density at radius 3 is 2.27 bits per heavy atom. The molecule has 0 atom stereocenters. The quantitative estimate of drug-likeness (QED) is 0.739. The predicted octanol–water partition coefficient (Wildman–Crippen LogP) is 4.17. The molecule has 2 nitrogen and oxygen atoms in total. The first-order valence-electron chi connectivity index (χ1n) is 7.97. The first-order valence-corrected chi connectivity index (χ1v) is 7.97. The van der Waals surface area contributed by atoms with Crippen molar-refractivity contribution < 1.29 is 9.59 Å². The van der Waals surface area contributed by atoms with Crippen LogP contribution in [-0.2, 0) is 19.3 Å². The summed E-state index contributed by atoms with van der Waals surface area (Å²) in [7, 11) is 0. The summed E-state index contributed by atoms with van der Waals surface area (Å²) in [6.45, 7) is 1.61. The van der Waals surface area contributed by atoms with Gasteiger partial charge in [-0.25, -0.2) is 0 Å². The van der Waals surface area contributed by atoms with Crippen LogP contribution in [0.5, 0.6) is 0 Å². The Hall–Kier alpha value is -2.22. The molecule has 0 spiro atoms. The van der Waals surface area contributed by atoms with Crippen LogP contribution in [0.2, 0.25) is 0 Å². The lowest BCUT2D eigenvalue weighted by atomic mass is 9.79. The molecule has 0 aliphatic heterocycles. The molecule has 110 valence electrons. The van der Waals surface area contributed by atoms with Crippen LogP contribution >= 0.6 is 0 Å². The van der Waals surface area contributed by atoms with E-state index in [2.05, 4.69) is 18.2 Å².